The summed E-state index contributed by atoms with van der Waals surface area (Å²) in [5.41, 5.74) is 4.76. The molecular weight excluding hydrogens is 442 g/mol. The Morgan fingerprint density at radius 3 is 2.17 bits per heavy atom. The summed E-state index contributed by atoms with van der Waals surface area (Å²) in [7, 11) is 0. The van der Waals surface area contributed by atoms with Crippen LogP contribution in [0.3, 0.4) is 0 Å². The van der Waals surface area contributed by atoms with Crippen LogP contribution in [0.15, 0.2) is 109 Å². The molecule has 1 aliphatic heterocycles. The Hall–Kier alpha value is -3.63. The minimum atomic E-state index is 0.182. The number of ether oxygens (including phenoxy) is 1. The number of nitrogens with zero attached hydrogens (tertiary/aromatic N) is 3. The van der Waals surface area contributed by atoms with E-state index >= 15 is 0 Å². The van der Waals surface area contributed by atoms with Crippen molar-refractivity contribution >= 4 is 10.9 Å². The van der Waals surface area contributed by atoms with Gasteiger partial charge in [-0.2, -0.15) is 0 Å². The van der Waals surface area contributed by atoms with E-state index in [-0.39, 0.29) is 5.92 Å². The van der Waals surface area contributed by atoms with Crippen molar-refractivity contribution in [3.8, 4) is 5.75 Å². The molecule has 0 saturated carbocycles. The molecule has 1 atom stereocenters. The highest BCUT2D eigenvalue weighted by Gasteiger charge is 2.25. The highest BCUT2D eigenvalue weighted by Crippen LogP contribution is 2.33. The van der Waals surface area contributed by atoms with Crippen molar-refractivity contribution in [2.24, 2.45) is 5.92 Å². The van der Waals surface area contributed by atoms with Gasteiger partial charge in [-0.3, -0.25) is 9.88 Å². The maximum atomic E-state index is 6.22. The molecular formula is C32H35N3O. The molecule has 4 aromatic rings. The predicted octanol–water partition coefficient (Wildman–Crippen LogP) is 6.21. The molecule has 1 unspecified atom stereocenters. The Bertz CT molecular complexity index is 1220. The zero-order chi connectivity index (χ0) is 24.7. The van der Waals surface area contributed by atoms with Crippen molar-refractivity contribution in [2.75, 3.05) is 39.3 Å². The maximum absolute atomic E-state index is 6.22. The molecule has 4 nitrogen and oxygen atoms in total. The molecule has 1 aromatic heterocycles. The molecule has 3 aromatic carbocycles. The van der Waals surface area contributed by atoms with E-state index in [0.717, 1.165) is 49.4 Å². The Balaban J connectivity index is 1.16. The third-order valence-corrected chi connectivity index (χ3v) is 7.08. The molecule has 0 radical (unpaired) electrons. The molecule has 0 amide bonds. The monoisotopic (exact) mass is 477 g/mol. The molecule has 1 saturated heterocycles. The van der Waals surface area contributed by atoms with Crippen LogP contribution < -0.4 is 4.74 Å². The second-order valence-electron chi connectivity index (χ2n) is 9.78. The van der Waals surface area contributed by atoms with Crippen molar-refractivity contribution in [3.63, 3.8) is 0 Å². The summed E-state index contributed by atoms with van der Waals surface area (Å²) in [6.07, 6.45) is 1.82. The van der Waals surface area contributed by atoms with Gasteiger partial charge >= 0.3 is 0 Å². The highest BCUT2D eigenvalue weighted by atomic mass is 16.5. The van der Waals surface area contributed by atoms with Gasteiger partial charge in [-0.25, -0.2) is 0 Å². The standard InChI is InChI=1S/C32H35N3O/c1-25(24-36-31-17-9-16-30-29(31)15-10-18-33-30)23-34-19-21-35(22-20-34)26(2)32(27-11-5-3-6-12-27)28-13-7-4-8-14-28/h3-18,25,32H,2,19-24H2,1H3. The van der Waals surface area contributed by atoms with E-state index in [4.69, 9.17) is 4.74 Å². The third-order valence-electron chi connectivity index (χ3n) is 7.08. The fourth-order valence-corrected chi connectivity index (χ4v) is 5.19. The van der Waals surface area contributed by atoms with E-state index < -0.39 is 0 Å². The fraction of sp³-hybridized carbons (Fsp3) is 0.281. The third kappa shape index (κ3) is 5.60. The van der Waals surface area contributed by atoms with Crippen LogP contribution in [-0.2, 0) is 0 Å². The minimum absolute atomic E-state index is 0.182. The number of rotatable bonds is 9. The van der Waals surface area contributed by atoms with Gasteiger partial charge in [0.1, 0.15) is 5.75 Å². The SMILES string of the molecule is C=C(C(c1ccccc1)c1ccccc1)N1CCN(CC(C)COc2cccc3ncccc23)CC1. The largest absolute Gasteiger partial charge is 0.493 e. The fourth-order valence-electron chi connectivity index (χ4n) is 5.19. The normalized spacial score (nSPS) is 15.2. The van der Waals surface area contributed by atoms with Crippen LogP contribution in [0, 0.1) is 5.92 Å². The lowest BCUT2D eigenvalue weighted by atomic mass is 9.88. The number of aromatic nitrogens is 1. The molecule has 36 heavy (non-hydrogen) atoms. The lowest BCUT2D eigenvalue weighted by Gasteiger charge is -2.40. The molecule has 1 fully saturated rings. The molecule has 5 rings (SSSR count). The van der Waals surface area contributed by atoms with Gasteiger partial charge in [-0.1, -0.05) is 80.2 Å². The van der Waals surface area contributed by atoms with E-state index in [9.17, 15) is 0 Å². The average molecular weight is 478 g/mol. The Morgan fingerprint density at radius 1 is 0.833 bits per heavy atom. The van der Waals surface area contributed by atoms with Crippen LogP contribution in [0.5, 0.6) is 5.75 Å². The van der Waals surface area contributed by atoms with Crippen LogP contribution in [0.4, 0.5) is 0 Å². The van der Waals surface area contributed by atoms with Crippen LogP contribution >= 0.6 is 0 Å². The number of benzene rings is 3. The lowest BCUT2D eigenvalue weighted by molar-refractivity contribution is 0.125. The molecule has 0 bridgehead atoms. The van der Waals surface area contributed by atoms with Crippen molar-refractivity contribution in [3.05, 3.63) is 121 Å². The quantitative estimate of drug-likeness (QED) is 0.286. The van der Waals surface area contributed by atoms with Crippen LogP contribution in [0.1, 0.15) is 24.0 Å². The predicted molar refractivity (Wildman–Crippen MR) is 148 cm³/mol. The zero-order valence-corrected chi connectivity index (χ0v) is 21.1. The van der Waals surface area contributed by atoms with Crippen LogP contribution in [0.25, 0.3) is 10.9 Å². The van der Waals surface area contributed by atoms with E-state index in [0.29, 0.717) is 12.5 Å². The Kier molecular flexibility index (Phi) is 7.63. The van der Waals surface area contributed by atoms with Gasteiger partial charge in [-0.05, 0) is 35.4 Å². The van der Waals surface area contributed by atoms with Crippen molar-refractivity contribution in [1.82, 2.24) is 14.8 Å². The summed E-state index contributed by atoms with van der Waals surface area (Å²) in [6, 6.07) is 31.6. The molecule has 184 valence electrons. The number of hydrogen-bond acceptors (Lipinski definition) is 4. The van der Waals surface area contributed by atoms with Crippen LogP contribution in [0.2, 0.25) is 0 Å². The van der Waals surface area contributed by atoms with Gasteiger partial charge in [0.25, 0.3) is 0 Å². The summed E-state index contributed by atoms with van der Waals surface area (Å²) in [5, 5.41) is 1.07. The first-order valence-electron chi connectivity index (χ1n) is 12.9. The Morgan fingerprint density at radius 2 is 1.50 bits per heavy atom. The summed E-state index contributed by atoms with van der Waals surface area (Å²) in [5.74, 6) is 1.54. The summed E-state index contributed by atoms with van der Waals surface area (Å²) in [4.78, 5) is 9.47. The van der Waals surface area contributed by atoms with Gasteiger partial charge in [0, 0.05) is 61.8 Å². The molecule has 0 spiro atoms. The van der Waals surface area contributed by atoms with E-state index in [2.05, 4.69) is 95.0 Å². The topological polar surface area (TPSA) is 28.6 Å². The molecule has 0 aliphatic carbocycles. The minimum Gasteiger partial charge on any atom is -0.493 e. The average Bonchev–Trinajstić information content (AvgIpc) is 2.93. The summed E-state index contributed by atoms with van der Waals surface area (Å²) < 4.78 is 6.22. The van der Waals surface area contributed by atoms with Gasteiger partial charge in [0.15, 0.2) is 0 Å². The highest BCUT2D eigenvalue weighted by molar-refractivity contribution is 5.84. The van der Waals surface area contributed by atoms with Gasteiger partial charge in [0.2, 0.25) is 0 Å². The lowest BCUT2D eigenvalue weighted by Crippen LogP contribution is -2.48. The molecule has 0 N–H and O–H groups in total. The van der Waals surface area contributed by atoms with Crippen LogP contribution in [-0.4, -0.2) is 54.1 Å². The number of allylic oxidation sites excluding steroid dienone is 1. The zero-order valence-electron chi connectivity index (χ0n) is 21.1. The summed E-state index contributed by atoms with van der Waals surface area (Å²) in [6.45, 7) is 12.7. The first kappa shape index (κ1) is 24.1. The summed E-state index contributed by atoms with van der Waals surface area (Å²) >= 11 is 0. The number of fused-ring (bicyclic) bond motifs is 1. The van der Waals surface area contributed by atoms with Crippen molar-refractivity contribution in [2.45, 2.75) is 12.8 Å². The first-order chi connectivity index (χ1) is 17.7. The Labute approximate surface area is 214 Å². The van der Waals surface area contributed by atoms with E-state index in [1.807, 2.05) is 30.5 Å². The maximum Gasteiger partial charge on any atom is 0.128 e. The second-order valence-corrected chi connectivity index (χ2v) is 9.78. The molecule has 4 heteroatoms. The molecule has 1 aliphatic rings. The number of hydrogen-bond donors (Lipinski definition) is 0. The van der Waals surface area contributed by atoms with Crippen molar-refractivity contribution in [1.29, 1.82) is 0 Å². The number of piperazine rings is 1. The van der Waals surface area contributed by atoms with Gasteiger partial charge in [-0.15, -0.1) is 0 Å². The van der Waals surface area contributed by atoms with E-state index in [1.54, 1.807) is 0 Å². The smallest absolute Gasteiger partial charge is 0.128 e. The van der Waals surface area contributed by atoms with E-state index in [1.165, 1.54) is 16.8 Å². The van der Waals surface area contributed by atoms with Gasteiger partial charge in [0.05, 0.1) is 12.1 Å². The van der Waals surface area contributed by atoms with Crippen molar-refractivity contribution < 1.29 is 4.74 Å². The second kappa shape index (κ2) is 11.4. The first-order valence-corrected chi connectivity index (χ1v) is 12.9. The molecule has 2 heterocycles. The van der Waals surface area contributed by atoms with Gasteiger partial charge < -0.3 is 9.64 Å². The number of pyridine rings is 1.